The molecule has 0 aromatic carbocycles. The van der Waals surface area contributed by atoms with Gasteiger partial charge >= 0.3 is 6.09 Å². The summed E-state index contributed by atoms with van der Waals surface area (Å²) < 4.78 is 5.30. The largest absolute Gasteiger partial charge is 0.444 e. The summed E-state index contributed by atoms with van der Waals surface area (Å²) in [6, 6.07) is 0. The van der Waals surface area contributed by atoms with Crippen molar-refractivity contribution in [1.29, 1.82) is 0 Å². The third kappa shape index (κ3) is 8.20. The average molecular weight is 370 g/mol. The molecule has 8 heteroatoms. The summed E-state index contributed by atoms with van der Waals surface area (Å²) in [5, 5.41) is 10.4. The number of carbonyl (C=O) groups is 1. The van der Waals surface area contributed by atoms with Crippen LogP contribution in [0.25, 0.3) is 0 Å². The molecule has 0 atom stereocenters. The van der Waals surface area contributed by atoms with E-state index in [4.69, 9.17) is 4.74 Å². The van der Waals surface area contributed by atoms with Crippen LogP contribution in [0.1, 0.15) is 50.2 Å². The number of hydrogen-bond donors (Lipinski definition) is 3. The Morgan fingerprint density at radius 2 is 1.84 bits per heavy atom. The number of nitrogens with zero attached hydrogens (tertiary/aromatic N) is 2. The highest BCUT2D eigenvalue weighted by atomic mass is 32.1. The third-order valence-electron chi connectivity index (χ3n) is 3.18. The molecule has 0 unspecified atom stereocenters. The first-order valence-corrected chi connectivity index (χ1v) is 9.12. The van der Waals surface area contributed by atoms with Crippen molar-refractivity contribution in [3.63, 3.8) is 0 Å². The van der Waals surface area contributed by atoms with Crippen LogP contribution in [0.4, 0.5) is 4.79 Å². The minimum atomic E-state index is -0.518. The van der Waals surface area contributed by atoms with E-state index in [1.165, 1.54) is 4.88 Å². The summed E-state index contributed by atoms with van der Waals surface area (Å²) in [5.74, 6) is 0.671. The Balaban J connectivity index is 2.49. The second kappa shape index (κ2) is 8.51. The molecule has 0 aliphatic heterocycles. The number of ether oxygens (including phenoxy) is 1. The molecule has 1 rings (SSSR count). The maximum Gasteiger partial charge on any atom is 0.408 e. The maximum atomic E-state index is 11.9. The van der Waals surface area contributed by atoms with Crippen LogP contribution in [0.2, 0.25) is 0 Å². The van der Waals surface area contributed by atoms with Crippen LogP contribution in [0.15, 0.2) is 4.99 Å². The van der Waals surface area contributed by atoms with Gasteiger partial charge in [0.1, 0.15) is 5.60 Å². The molecular formula is C17H31N5O2S. The maximum absolute atomic E-state index is 11.9. The third-order valence-corrected chi connectivity index (χ3v) is 4.25. The number of guanidine groups is 1. The summed E-state index contributed by atoms with van der Waals surface area (Å²) >= 11 is 1.67. The lowest BCUT2D eigenvalue weighted by molar-refractivity contribution is 0.0474. The molecule has 0 bridgehead atoms. The number of aromatic nitrogens is 1. The molecule has 0 saturated carbocycles. The van der Waals surface area contributed by atoms with Gasteiger partial charge in [0.25, 0.3) is 0 Å². The molecule has 0 saturated heterocycles. The van der Waals surface area contributed by atoms with Gasteiger partial charge in [0, 0.05) is 18.5 Å². The van der Waals surface area contributed by atoms with E-state index in [2.05, 4.69) is 25.9 Å². The van der Waals surface area contributed by atoms with Gasteiger partial charge in [-0.25, -0.2) is 9.78 Å². The Morgan fingerprint density at radius 3 is 2.32 bits per heavy atom. The normalized spacial score (nSPS) is 12.7. The number of amides is 1. The highest BCUT2D eigenvalue weighted by Gasteiger charge is 2.24. The summed E-state index contributed by atoms with van der Waals surface area (Å²) in [6.45, 7) is 14.5. The van der Waals surface area contributed by atoms with E-state index in [0.717, 1.165) is 10.7 Å². The predicted molar refractivity (Wildman–Crippen MR) is 103 cm³/mol. The molecule has 0 aliphatic carbocycles. The minimum Gasteiger partial charge on any atom is -0.444 e. The first kappa shape index (κ1) is 21.2. The highest BCUT2D eigenvalue weighted by Crippen LogP contribution is 2.16. The molecule has 0 aliphatic rings. The molecule has 7 nitrogen and oxygen atoms in total. The molecule has 0 spiro atoms. The molecular weight excluding hydrogens is 338 g/mol. The summed E-state index contributed by atoms with van der Waals surface area (Å²) in [5.41, 5.74) is 0.0322. The lowest BCUT2D eigenvalue weighted by atomic mass is 10.1. The molecule has 1 aromatic rings. The fourth-order valence-corrected chi connectivity index (χ4v) is 2.93. The van der Waals surface area contributed by atoms with Crippen LogP contribution < -0.4 is 16.0 Å². The van der Waals surface area contributed by atoms with Gasteiger partial charge in [-0.1, -0.05) is 0 Å². The van der Waals surface area contributed by atoms with Crippen LogP contribution in [0, 0.1) is 13.8 Å². The first-order valence-electron chi connectivity index (χ1n) is 8.30. The standard InChI is InChI=1S/C17H31N5O2S/c1-11-13(25-12(2)21-11)9-19-14(18-8)20-10-17(6,7)22-15(23)24-16(3,4)5/h9-10H2,1-8H3,(H,22,23)(H2,18,19,20). The van der Waals surface area contributed by atoms with E-state index in [1.807, 2.05) is 48.5 Å². The fourth-order valence-electron chi connectivity index (χ4n) is 2.05. The highest BCUT2D eigenvalue weighted by molar-refractivity contribution is 7.11. The summed E-state index contributed by atoms with van der Waals surface area (Å²) in [4.78, 5) is 21.7. The van der Waals surface area contributed by atoms with Crippen molar-refractivity contribution in [3.05, 3.63) is 15.6 Å². The quantitative estimate of drug-likeness (QED) is 0.549. The Hall–Kier alpha value is -1.83. The number of alkyl carbamates (subject to hydrolysis) is 1. The van der Waals surface area contributed by atoms with Gasteiger partial charge in [0.2, 0.25) is 0 Å². The smallest absolute Gasteiger partial charge is 0.408 e. The van der Waals surface area contributed by atoms with E-state index in [0.29, 0.717) is 19.0 Å². The molecule has 0 fully saturated rings. The Bertz CT molecular complexity index is 617. The van der Waals surface area contributed by atoms with E-state index in [9.17, 15) is 4.79 Å². The number of aliphatic imine (C=N–C) groups is 1. The second-order valence-electron chi connectivity index (χ2n) is 7.53. The first-order chi connectivity index (χ1) is 11.4. The molecule has 1 heterocycles. The predicted octanol–water partition coefficient (Wildman–Crippen LogP) is 2.73. The van der Waals surface area contributed by atoms with Crippen molar-refractivity contribution in [2.75, 3.05) is 13.6 Å². The number of nitrogens with one attached hydrogen (secondary N) is 3. The van der Waals surface area contributed by atoms with Gasteiger partial charge in [-0.3, -0.25) is 4.99 Å². The van der Waals surface area contributed by atoms with Crippen molar-refractivity contribution in [2.45, 2.75) is 66.2 Å². The molecule has 3 N–H and O–H groups in total. The van der Waals surface area contributed by atoms with E-state index in [-0.39, 0.29) is 0 Å². The van der Waals surface area contributed by atoms with Crippen molar-refractivity contribution in [2.24, 2.45) is 4.99 Å². The van der Waals surface area contributed by atoms with Crippen molar-refractivity contribution in [3.8, 4) is 0 Å². The molecule has 25 heavy (non-hydrogen) atoms. The van der Waals surface area contributed by atoms with Crippen LogP contribution in [-0.4, -0.2) is 41.8 Å². The SMILES string of the molecule is CN=C(NCc1sc(C)nc1C)NCC(C)(C)NC(=O)OC(C)(C)C. The number of hydrogen-bond acceptors (Lipinski definition) is 5. The lowest BCUT2D eigenvalue weighted by Gasteiger charge is -2.29. The number of rotatable bonds is 5. The summed E-state index contributed by atoms with van der Waals surface area (Å²) in [7, 11) is 1.72. The van der Waals surface area contributed by atoms with Gasteiger partial charge in [-0.05, 0) is 48.5 Å². The zero-order valence-electron chi connectivity index (χ0n) is 16.5. The molecule has 1 aromatic heterocycles. The van der Waals surface area contributed by atoms with Crippen molar-refractivity contribution >= 4 is 23.4 Å². The second-order valence-corrected chi connectivity index (χ2v) is 8.82. The Labute approximate surface area is 154 Å². The van der Waals surface area contributed by atoms with Crippen LogP contribution in [0.3, 0.4) is 0 Å². The summed E-state index contributed by atoms with van der Waals surface area (Å²) in [6.07, 6.45) is -0.432. The van der Waals surface area contributed by atoms with Crippen LogP contribution in [0.5, 0.6) is 0 Å². The van der Waals surface area contributed by atoms with Crippen molar-refractivity contribution in [1.82, 2.24) is 20.9 Å². The molecule has 0 radical (unpaired) electrons. The van der Waals surface area contributed by atoms with Gasteiger partial charge < -0.3 is 20.7 Å². The number of aryl methyl sites for hydroxylation is 2. The Morgan fingerprint density at radius 1 is 1.20 bits per heavy atom. The van der Waals surface area contributed by atoms with Gasteiger partial charge in [-0.15, -0.1) is 11.3 Å². The minimum absolute atomic E-state index is 0.432. The van der Waals surface area contributed by atoms with Crippen LogP contribution >= 0.6 is 11.3 Å². The van der Waals surface area contributed by atoms with E-state index >= 15 is 0 Å². The van der Waals surface area contributed by atoms with Crippen LogP contribution in [-0.2, 0) is 11.3 Å². The van der Waals surface area contributed by atoms with Gasteiger partial charge in [0.05, 0.1) is 22.8 Å². The molecule has 142 valence electrons. The van der Waals surface area contributed by atoms with Crippen molar-refractivity contribution < 1.29 is 9.53 Å². The van der Waals surface area contributed by atoms with E-state index in [1.54, 1.807) is 18.4 Å². The monoisotopic (exact) mass is 369 g/mol. The lowest BCUT2D eigenvalue weighted by Crippen LogP contribution is -2.54. The van der Waals surface area contributed by atoms with E-state index < -0.39 is 17.2 Å². The van der Waals surface area contributed by atoms with Gasteiger partial charge in [-0.2, -0.15) is 0 Å². The molecule has 1 amide bonds. The topological polar surface area (TPSA) is 87.6 Å². The number of thiazole rings is 1. The number of carbonyl (C=O) groups excluding carboxylic acids is 1. The van der Waals surface area contributed by atoms with Gasteiger partial charge in [0.15, 0.2) is 5.96 Å². The zero-order chi connectivity index (χ0) is 19.3. The zero-order valence-corrected chi connectivity index (χ0v) is 17.3. The fraction of sp³-hybridized carbons (Fsp3) is 0.706. The Kier molecular flexibility index (Phi) is 7.22. The average Bonchev–Trinajstić information content (AvgIpc) is 2.74.